The summed E-state index contributed by atoms with van der Waals surface area (Å²) in [5, 5.41) is 14.8. The standard InChI is InChI=1S/C11H23N3O2/c1-9-11(2,6-8-16-9)13-7-4-3-5-10(12)14-15/h9,13,15H,3-8H2,1-2H3,(H2,12,14). The SMILES string of the molecule is CC1OCCC1(C)NCCCCC(N)=NO. The Morgan fingerprint density at radius 1 is 1.62 bits per heavy atom. The van der Waals surface area contributed by atoms with Crippen LogP contribution in [0.2, 0.25) is 0 Å². The molecule has 5 nitrogen and oxygen atoms in total. The van der Waals surface area contributed by atoms with Crippen LogP contribution in [0, 0.1) is 0 Å². The molecule has 0 aliphatic carbocycles. The van der Waals surface area contributed by atoms with Crippen LogP contribution in [-0.2, 0) is 4.74 Å². The molecule has 16 heavy (non-hydrogen) atoms. The summed E-state index contributed by atoms with van der Waals surface area (Å²) in [6.07, 6.45) is 3.96. The second-order valence-electron chi connectivity index (χ2n) is 4.66. The molecule has 94 valence electrons. The van der Waals surface area contributed by atoms with E-state index in [2.05, 4.69) is 24.3 Å². The first-order valence-electron chi connectivity index (χ1n) is 5.91. The molecule has 0 aromatic carbocycles. The fourth-order valence-corrected chi connectivity index (χ4v) is 1.92. The van der Waals surface area contributed by atoms with Gasteiger partial charge in [-0.25, -0.2) is 0 Å². The van der Waals surface area contributed by atoms with Crippen molar-refractivity contribution in [2.75, 3.05) is 13.2 Å². The second kappa shape index (κ2) is 6.06. The van der Waals surface area contributed by atoms with E-state index in [0.29, 0.717) is 12.3 Å². The van der Waals surface area contributed by atoms with Gasteiger partial charge in [0, 0.05) is 18.6 Å². The Labute approximate surface area is 97.0 Å². The van der Waals surface area contributed by atoms with Crippen LogP contribution >= 0.6 is 0 Å². The van der Waals surface area contributed by atoms with Gasteiger partial charge in [-0.3, -0.25) is 0 Å². The van der Waals surface area contributed by atoms with Gasteiger partial charge in [-0.1, -0.05) is 5.16 Å². The average molecular weight is 229 g/mol. The Morgan fingerprint density at radius 2 is 2.38 bits per heavy atom. The lowest BCUT2D eigenvalue weighted by molar-refractivity contribution is 0.0887. The highest BCUT2D eigenvalue weighted by Gasteiger charge is 2.35. The molecule has 0 aromatic rings. The summed E-state index contributed by atoms with van der Waals surface area (Å²) in [6, 6.07) is 0. The van der Waals surface area contributed by atoms with Crippen molar-refractivity contribution in [2.45, 2.75) is 51.2 Å². The maximum absolute atomic E-state index is 8.37. The summed E-state index contributed by atoms with van der Waals surface area (Å²) >= 11 is 0. The summed E-state index contributed by atoms with van der Waals surface area (Å²) in [5.41, 5.74) is 5.49. The first-order valence-corrected chi connectivity index (χ1v) is 5.91. The summed E-state index contributed by atoms with van der Waals surface area (Å²) in [7, 11) is 0. The average Bonchev–Trinajstić information content (AvgIpc) is 2.59. The molecular formula is C11H23N3O2. The predicted molar refractivity (Wildman–Crippen MR) is 63.7 cm³/mol. The number of ether oxygens (including phenoxy) is 1. The van der Waals surface area contributed by atoms with E-state index in [9.17, 15) is 0 Å². The smallest absolute Gasteiger partial charge is 0.139 e. The van der Waals surface area contributed by atoms with Gasteiger partial charge in [0.1, 0.15) is 5.84 Å². The van der Waals surface area contributed by atoms with Gasteiger partial charge in [-0.2, -0.15) is 0 Å². The van der Waals surface area contributed by atoms with E-state index < -0.39 is 0 Å². The molecule has 1 rings (SSSR count). The molecule has 0 amide bonds. The molecule has 1 aliphatic rings. The molecule has 2 unspecified atom stereocenters. The number of amidine groups is 1. The number of unbranched alkanes of at least 4 members (excludes halogenated alkanes) is 1. The summed E-state index contributed by atoms with van der Waals surface area (Å²) in [4.78, 5) is 0. The zero-order valence-corrected chi connectivity index (χ0v) is 10.2. The maximum Gasteiger partial charge on any atom is 0.139 e. The third-order valence-electron chi connectivity index (χ3n) is 3.40. The Hall–Kier alpha value is -0.810. The van der Waals surface area contributed by atoms with Crippen LogP contribution in [0.15, 0.2) is 5.16 Å². The van der Waals surface area contributed by atoms with Crippen molar-refractivity contribution in [3.05, 3.63) is 0 Å². The van der Waals surface area contributed by atoms with Gasteiger partial charge in [0.2, 0.25) is 0 Å². The van der Waals surface area contributed by atoms with E-state index in [-0.39, 0.29) is 11.6 Å². The number of rotatable bonds is 6. The molecule has 1 aliphatic heterocycles. The molecular weight excluding hydrogens is 206 g/mol. The topological polar surface area (TPSA) is 79.9 Å². The third-order valence-corrected chi connectivity index (χ3v) is 3.40. The Bertz CT molecular complexity index is 245. The molecule has 1 fully saturated rings. The van der Waals surface area contributed by atoms with Crippen LogP contribution in [0.25, 0.3) is 0 Å². The highest BCUT2D eigenvalue weighted by atomic mass is 16.5. The Balaban J connectivity index is 2.11. The lowest BCUT2D eigenvalue weighted by Crippen LogP contribution is -2.48. The molecule has 5 heteroatoms. The molecule has 1 heterocycles. The van der Waals surface area contributed by atoms with Gasteiger partial charge in [0.05, 0.1) is 6.10 Å². The number of hydrogen-bond donors (Lipinski definition) is 3. The number of nitrogens with one attached hydrogen (secondary N) is 1. The van der Waals surface area contributed by atoms with Gasteiger partial charge >= 0.3 is 0 Å². The Kier molecular flexibility index (Phi) is 5.02. The number of nitrogens with zero attached hydrogens (tertiary/aromatic N) is 1. The molecule has 4 N–H and O–H groups in total. The van der Waals surface area contributed by atoms with Crippen molar-refractivity contribution in [3.8, 4) is 0 Å². The quantitative estimate of drug-likeness (QED) is 0.209. The van der Waals surface area contributed by atoms with Crippen LogP contribution in [0.5, 0.6) is 0 Å². The number of oxime groups is 1. The Morgan fingerprint density at radius 3 is 2.94 bits per heavy atom. The van der Waals surface area contributed by atoms with E-state index in [1.54, 1.807) is 0 Å². The van der Waals surface area contributed by atoms with Crippen molar-refractivity contribution >= 4 is 5.84 Å². The van der Waals surface area contributed by atoms with Crippen LogP contribution in [0.3, 0.4) is 0 Å². The minimum absolute atomic E-state index is 0.108. The maximum atomic E-state index is 8.37. The predicted octanol–water partition coefficient (Wildman–Crippen LogP) is 1.06. The summed E-state index contributed by atoms with van der Waals surface area (Å²) < 4.78 is 5.55. The van der Waals surface area contributed by atoms with Crippen molar-refractivity contribution < 1.29 is 9.94 Å². The van der Waals surface area contributed by atoms with Crippen molar-refractivity contribution in [1.82, 2.24) is 5.32 Å². The minimum Gasteiger partial charge on any atom is -0.409 e. The summed E-state index contributed by atoms with van der Waals surface area (Å²) in [5.74, 6) is 0.309. The zero-order valence-electron chi connectivity index (χ0n) is 10.2. The van der Waals surface area contributed by atoms with Crippen LogP contribution in [0.4, 0.5) is 0 Å². The first kappa shape index (κ1) is 13.3. The highest BCUT2D eigenvalue weighted by Crippen LogP contribution is 2.24. The van der Waals surface area contributed by atoms with E-state index >= 15 is 0 Å². The van der Waals surface area contributed by atoms with Gasteiger partial charge in [-0.15, -0.1) is 0 Å². The molecule has 1 saturated heterocycles. The van der Waals surface area contributed by atoms with E-state index in [0.717, 1.165) is 32.4 Å². The second-order valence-corrected chi connectivity index (χ2v) is 4.66. The fourth-order valence-electron chi connectivity index (χ4n) is 1.92. The van der Waals surface area contributed by atoms with Gasteiger partial charge < -0.3 is 21.0 Å². The minimum atomic E-state index is 0.108. The number of nitrogens with two attached hydrogens (primary N) is 1. The number of hydrogen-bond acceptors (Lipinski definition) is 4. The van der Waals surface area contributed by atoms with Crippen LogP contribution in [0.1, 0.15) is 39.5 Å². The molecule has 0 radical (unpaired) electrons. The lowest BCUT2D eigenvalue weighted by Gasteiger charge is -2.29. The normalized spacial score (nSPS) is 30.9. The monoisotopic (exact) mass is 229 g/mol. The van der Waals surface area contributed by atoms with Gasteiger partial charge in [0.15, 0.2) is 0 Å². The fraction of sp³-hybridized carbons (Fsp3) is 0.909. The van der Waals surface area contributed by atoms with E-state index in [4.69, 9.17) is 15.7 Å². The molecule has 2 atom stereocenters. The summed E-state index contributed by atoms with van der Waals surface area (Å²) in [6.45, 7) is 6.10. The third kappa shape index (κ3) is 3.64. The largest absolute Gasteiger partial charge is 0.409 e. The van der Waals surface area contributed by atoms with Crippen molar-refractivity contribution in [2.24, 2.45) is 10.9 Å². The highest BCUT2D eigenvalue weighted by molar-refractivity contribution is 5.79. The van der Waals surface area contributed by atoms with Crippen molar-refractivity contribution in [3.63, 3.8) is 0 Å². The van der Waals surface area contributed by atoms with E-state index in [1.807, 2.05) is 0 Å². The first-order chi connectivity index (χ1) is 7.58. The zero-order chi connectivity index (χ0) is 12.0. The van der Waals surface area contributed by atoms with Crippen LogP contribution < -0.4 is 11.1 Å². The lowest BCUT2D eigenvalue weighted by atomic mass is 9.94. The molecule has 0 bridgehead atoms. The molecule has 0 aromatic heterocycles. The van der Waals surface area contributed by atoms with E-state index in [1.165, 1.54) is 0 Å². The molecule has 0 spiro atoms. The van der Waals surface area contributed by atoms with Crippen LogP contribution in [-0.4, -0.2) is 35.8 Å². The van der Waals surface area contributed by atoms with Gasteiger partial charge in [0.25, 0.3) is 0 Å². The van der Waals surface area contributed by atoms with Crippen molar-refractivity contribution in [1.29, 1.82) is 0 Å². The van der Waals surface area contributed by atoms with Gasteiger partial charge in [-0.05, 0) is 39.7 Å². The molecule has 0 saturated carbocycles.